The maximum absolute atomic E-state index is 13.2. The third kappa shape index (κ3) is 1.55. The average molecular weight is 230 g/mol. The molecule has 0 aliphatic heterocycles. The molecular weight excluding hydrogens is 225 g/mol. The van der Waals surface area contributed by atoms with E-state index in [4.69, 9.17) is 0 Å². The normalized spacial score (nSPS) is 11.2. The minimum Gasteiger partial charge on any atom is -0.206 e. The second-order valence-corrected chi connectivity index (χ2v) is 3.74. The van der Waals surface area contributed by atoms with E-state index >= 15 is 0 Å². The van der Waals surface area contributed by atoms with Gasteiger partial charge in [-0.3, -0.25) is 0 Å². The third-order valence-electron chi connectivity index (χ3n) is 2.68. The summed E-state index contributed by atoms with van der Waals surface area (Å²) in [7, 11) is 0. The lowest BCUT2D eigenvalue weighted by Gasteiger charge is -2.04. The second-order valence-electron chi connectivity index (χ2n) is 3.74. The fourth-order valence-corrected chi connectivity index (χ4v) is 1.89. The molecule has 2 radical (unpaired) electrons. The quantitative estimate of drug-likeness (QED) is 0.512. The van der Waals surface area contributed by atoms with Crippen LogP contribution in [0.5, 0.6) is 0 Å². The van der Waals surface area contributed by atoms with Crippen molar-refractivity contribution in [3.8, 4) is 0 Å². The lowest BCUT2D eigenvalue weighted by Crippen LogP contribution is -1.87. The molecule has 0 N–H and O–H groups in total. The van der Waals surface area contributed by atoms with Crippen LogP contribution >= 0.6 is 0 Å². The minimum absolute atomic E-state index is 0.419. The third-order valence-corrected chi connectivity index (χ3v) is 2.68. The zero-order valence-electron chi connectivity index (χ0n) is 8.52. The predicted molar refractivity (Wildman–Crippen MR) is 59.0 cm³/mol. The van der Waals surface area contributed by atoms with Gasteiger partial charge in [-0.25, -0.2) is 13.2 Å². The Hall–Kier alpha value is -2.03. The first-order valence-electron chi connectivity index (χ1n) is 4.96. The summed E-state index contributed by atoms with van der Waals surface area (Å²) < 4.78 is 39.3. The van der Waals surface area contributed by atoms with Crippen LogP contribution in [0.2, 0.25) is 0 Å². The number of benzene rings is 3. The van der Waals surface area contributed by atoms with Crippen molar-refractivity contribution in [3.63, 3.8) is 0 Å². The van der Waals surface area contributed by atoms with Gasteiger partial charge in [-0.05, 0) is 39.7 Å². The maximum Gasteiger partial charge on any atom is 0.167 e. The van der Waals surface area contributed by atoms with E-state index < -0.39 is 17.5 Å². The summed E-state index contributed by atoms with van der Waals surface area (Å²) in [5.41, 5.74) is 0. The van der Waals surface area contributed by atoms with Crippen LogP contribution in [0.15, 0.2) is 30.3 Å². The Morgan fingerprint density at radius 2 is 1.76 bits per heavy atom. The molecule has 0 atom stereocenters. The van der Waals surface area contributed by atoms with Gasteiger partial charge >= 0.3 is 0 Å². The molecule has 3 aromatic carbocycles. The summed E-state index contributed by atoms with van der Waals surface area (Å²) in [6.45, 7) is 0. The van der Waals surface area contributed by atoms with Crippen molar-refractivity contribution < 1.29 is 13.2 Å². The van der Waals surface area contributed by atoms with Gasteiger partial charge in [-0.1, -0.05) is 12.1 Å². The highest BCUT2D eigenvalue weighted by atomic mass is 19.2. The van der Waals surface area contributed by atoms with Crippen LogP contribution in [0.1, 0.15) is 0 Å². The molecule has 0 unspecified atom stereocenters. The lowest BCUT2D eigenvalue weighted by atomic mass is 10.0. The smallest absolute Gasteiger partial charge is 0.167 e. The Balaban J connectivity index is 2.53. The highest BCUT2D eigenvalue weighted by molar-refractivity contribution is 6.07. The van der Waals surface area contributed by atoms with Crippen molar-refractivity contribution in [1.29, 1.82) is 0 Å². The van der Waals surface area contributed by atoms with Gasteiger partial charge in [0, 0.05) is 12.1 Å². The van der Waals surface area contributed by atoms with Crippen molar-refractivity contribution in [2.24, 2.45) is 0 Å². The molecule has 3 heteroatoms. The molecule has 0 fully saturated rings. The molecule has 0 aromatic heterocycles. The molecule has 0 saturated carbocycles. The summed E-state index contributed by atoms with van der Waals surface area (Å²) in [5, 5.41) is 2.10. The van der Waals surface area contributed by atoms with E-state index in [1.54, 1.807) is 12.1 Å². The monoisotopic (exact) mass is 230 g/mol. The zero-order chi connectivity index (χ0) is 12.0. The molecule has 0 aliphatic rings. The van der Waals surface area contributed by atoms with Crippen molar-refractivity contribution >= 4 is 21.5 Å². The first kappa shape index (κ1) is 10.1. The number of fused-ring (bicyclic) bond motifs is 3. The van der Waals surface area contributed by atoms with Crippen LogP contribution in [-0.2, 0) is 0 Å². The van der Waals surface area contributed by atoms with Gasteiger partial charge in [0.2, 0.25) is 0 Å². The molecule has 0 bridgehead atoms. The summed E-state index contributed by atoms with van der Waals surface area (Å²) in [5.74, 6) is -2.55. The Morgan fingerprint density at radius 3 is 2.59 bits per heavy atom. The van der Waals surface area contributed by atoms with E-state index in [-0.39, 0.29) is 0 Å². The molecule has 3 rings (SSSR count). The number of halogens is 3. The van der Waals surface area contributed by atoms with Crippen molar-refractivity contribution in [3.05, 3.63) is 59.9 Å². The van der Waals surface area contributed by atoms with Crippen LogP contribution in [0.4, 0.5) is 13.2 Å². The van der Waals surface area contributed by atoms with E-state index in [0.29, 0.717) is 16.2 Å². The summed E-state index contributed by atoms with van der Waals surface area (Å²) in [6.07, 6.45) is 0. The summed E-state index contributed by atoms with van der Waals surface area (Å²) in [4.78, 5) is 0. The topological polar surface area (TPSA) is 0 Å². The molecule has 0 spiro atoms. The Kier molecular flexibility index (Phi) is 2.08. The molecule has 3 aromatic rings. The van der Waals surface area contributed by atoms with Gasteiger partial charge in [0.25, 0.3) is 0 Å². The molecule has 0 nitrogen and oxygen atoms in total. The van der Waals surface area contributed by atoms with Crippen LogP contribution in [0, 0.1) is 29.6 Å². The summed E-state index contributed by atoms with van der Waals surface area (Å²) in [6, 6.07) is 11.8. The second kappa shape index (κ2) is 3.48. The molecule has 0 heterocycles. The summed E-state index contributed by atoms with van der Waals surface area (Å²) >= 11 is 0. The van der Waals surface area contributed by atoms with Crippen molar-refractivity contribution in [1.82, 2.24) is 0 Å². The lowest BCUT2D eigenvalue weighted by molar-refractivity contribution is 0.509. The van der Waals surface area contributed by atoms with E-state index in [0.717, 1.165) is 11.5 Å². The predicted octanol–water partition coefficient (Wildman–Crippen LogP) is 4.01. The van der Waals surface area contributed by atoms with Gasteiger partial charge in [-0.2, -0.15) is 0 Å². The standard InChI is InChI=1S/C14H5F3/c15-10-4-3-8-1-2-9-5-13(16)14(17)7-12(9)11(8)6-10/h1-3,6-7H. The van der Waals surface area contributed by atoms with Gasteiger partial charge in [0.15, 0.2) is 11.6 Å². The molecule has 0 amide bonds. The Morgan fingerprint density at radius 1 is 0.941 bits per heavy atom. The largest absolute Gasteiger partial charge is 0.206 e. The fourth-order valence-electron chi connectivity index (χ4n) is 1.89. The minimum atomic E-state index is -1.03. The van der Waals surface area contributed by atoms with Gasteiger partial charge in [0.1, 0.15) is 5.82 Å². The van der Waals surface area contributed by atoms with Crippen molar-refractivity contribution in [2.45, 2.75) is 0 Å². The highest BCUT2D eigenvalue weighted by Crippen LogP contribution is 2.27. The molecule has 82 valence electrons. The Bertz CT molecular complexity index is 732. The fraction of sp³-hybridized carbons (Fsp3) is 0. The van der Waals surface area contributed by atoms with Crippen LogP contribution in [0.25, 0.3) is 21.5 Å². The average Bonchev–Trinajstić information content (AvgIpc) is 2.31. The van der Waals surface area contributed by atoms with Crippen LogP contribution in [-0.4, -0.2) is 0 Å². The zero-order valence-corrected chi connectivity index (χ0v) is 8.52. The van der Waals surface area contributed by atoms with Gasteiger partial charge in [-0.15, -0.1) is 0 Å². The highest BCUT2D eigenvalue weighted by Gasteiger charge is 2.08. The van der Waals surface area contributed by atoms with Crippen LogP contribution < -0.4 is 0 Å². The molecule has 17 heavy (non-hydrogen) atoms. The molecular formula is C14H5F3. The number of rotatable bonds is 0. The molecule has 0 saturated heterocycles. The maximum atomic E-state index is 13.2. The van der Waals surface area contributed by atoms with Crippen LogP contribution in [0.3, 0.4) is 0 Å². The first-order valence-corrected chi connectivity index (χ1v) is 4.96. The van der Waals surface area contributed by atoms with Gasteiger partial charge < -0.3 is 0 Å². The van der Waals surface area contributed by atoms with Crippen molar-refractivity contribution in [2.75, 3.05) is 0 Å². The SMILES string of the molecule is Fc1[c]cc2ccc3[c]c(F)c(F)cc3c2c1. The van der Waals surface area contributed by atoms with E-state index in [1.807, 2.05) is 0 Å². The van der Waals surface area contributed by atoms with E-state index in [2.05, 4.69) is 12.1 Å². The number of hydrogen-bond donors (Lipinski definition) is 0. The van der Waals surface area contributed by atoms with E-state index in [9.17, 15) is 13.2 Å². The van der Waals surface area contributed by atoms with Gasteiger partial charge in [0.05, 0.1) is 0 Å². The number of hydrogen-bond acceptors (Lipinski definition) is 0. The van der Waals surface area contributed by atoms with E-state index in [1.165, 1.54) is 12.1 Å². The molecule has 0 aliphatic carbocycles. The Labute approximate surface area is 95.3 Å². The first-order chi connectivity index (χ1) is 8.15.